The normalized spacial score (nSPS) is 17.5. The molecule has 0 aliphatic heterocycles. The maximum Gasteiger partial charge on any atom is 0.0551 e. The van der Waals surface area contributed by atoms with Gasteiger partial charge in [-0.25, -0.2) is 0 Å². The summed E-state index contributed by atoms with van der Waals surface area (Å²) in [5, 5.41) is 0.770. The Balaban J connectivity index is 2.01. The Morgan fingerprint density at radius 3 is 2.76 bits per heavy atom. The zero-order valence-electron chi connectivity index (χ0n) is 10.00. The van der Waals surface area contributed by atoms with Gasteiger partial charge in [0.25, 0.3) is 0 Å². The molecule has 17 heavy (non-hydrogen) atoms. The fraction of sp³-hybridized carbons (Fsp3) is 0.538. The SMILES string of the molecule is CN(Cc1ccc(Br)c(Cl)c1)C(CN)C1CC1. The Kier molecular flexibility index (Phi) is 4.47. The average molecular weight is 318 g/mol. The first-order chi connectivity index (χ1) is 8.11. The van der Waals surface area contributed by atoms with E-state index in [2.05, 4.69) is 33.9 Å². The van der Waals surface area contributed by atoms with Crippen molar-refractivity contribution in [3.8, 4) is 0 Å². The minimum Gasteiger partial charge on any atom is -0.329 e. The zero-order valence-corrected chi connectivity index (χ0v) is 12.3. The molecule has 0 bridgehead atoms. The molecule has 1 aromatic carbocycles. The second-order valence-corrected chi connectivity index (χ2v) is 6.07. The van der Waals surface area contributed by atoms with Crippen LogP contribution in [0.15, 0.2) is 22.7 Å². The Labute approximate surface area is 116 Å². The number of nitrogens with two attached hydrogens (primary N) is 1. The first-order valence-corrected chi connectivity index (χ1v) is 7.13. The minimum absolute atomic E-state index is 0.512. The number of benzene rings is 1. The molecule has 1 fully saturated rings. The summed E-state index contributed by atoms with van der Waals surface area (Å²) >= 11 is 9.50. The van der Waals surface area contributed by atoms with Crippen molar-refractivity contribution in [2.75, 3.05) is 13.6 Å². The fourth-order valence-corrected chi connectivity index (χ4v) is 2.71. The van der Waals surface area contributed by atoms with Crippen molar-refractivity contribution in [2.45, 2.75) is 25.4 Å². The molecule has 2 rings (SSSR count). The maximum absolute atomic E-state index is 6.10. The molecule has 1 aliphatic rings. The van der Waals surface area contributed by atoms with Gasteiger partial charge in [0, 0.05) is 23.6 Å². The Morgan fingerprint density at radius 1 is 1.53 bits per heavy atom. The highest BCUT2D eigenvalue weighted by atomic mass is 79.9. The van der Waals surface area contributed by atoms with E-state index in [0.717, 1.165) is 28.5 Å². The van der Waals surface area contributed by atoms with Gasteiger partial charge in [-0.1, -0.05) is 17.7 Å². The van der Waals surface area contributed by atoms with Gasteiger partial charge in [-0.05, 0) is 59.4 Å². The molecule has 94 valence electrons. The summed E-state index contributed by atoms with van der Waals surface area (Å²) in [6.07, 6.45) is 2.65. The van der Waals surface area contributed by atoms with Crippen LogP contribution in [0, 0.1) is 5.92 Å². The average Bonchev–Trinajstić information content (AvgIpc) is 3.09. The number of likely N-dealkylation sites (N-methyl/N-ethyl adjacent to an activating group) is 1. The standard InChI is InChI=1S/C13H18BrClN2/c1-17(13(7-16)10-3-4-10)8-9-2-5-11(14)12(15)6-9/h2,5-6,10,13H,3-4,7-8,16H2,1H3. The van der Waals surface area contributed by atoms with Gasteiger partial charge in [-0.3, -0.25) is 4.90 Å². The van der Waals surface area contributed by atoms with Crippen molar-refractivity contribution in [1.82, 2.24) is 4.90 Å². The Hall–Kier alpha value is -0.0900. The quantitative estimate of drug-likeness (QED) is 0.903. The number of nitrogens with zero attached hydrogens (tertiary/aromatic N) is 1. The van der Waals surface area contributed by atoms with Crippen LogP contribution in [0.25, 0.3) is 0 Å². The lowest BCUT2D eigenvalue weighted by Gasteiger charge is -2.27. The summed E-state index contributed by atoms with van der Waals surface area (Å²) in [6, 6.07) is 6.63. The predicted octanol–water partition coefficient (Wildman–Crippen LogP) is 3.27. The number of hydrogen-bond donors (Lipinski definition) is 1. The van der Waals surface area contributed by atoms with Gasteiger partial charge in [0.05, 0.1) is 5.02 Å². The van der Waals surface area contributed by atoms with Gasteiger partial charge in [0.2, 0.25) is 0 Å². The molecule has 2 nitrogen and oxygen atoms in total. The number of halogens is 2. The smallest absolute Gasteiger partial charge is 0.0551 e. The van der Waals surface area contributed by atoms with Gasteiger partial charge in [-0.15, -0.1) is 0 Å². The van der Waals surface area contributed by atoms with Crippen LogP contribution < -0.4 is 5.73 Å². The fourth-order valence-electron chi connectivity index (χ4n) is 2.26. The molecule has 1 saturated carbocycles. The molecule has 0 aromatic heterocycles. The van der Waals surface area contributed by atoms with Crippen molar-refractivity contribution in [2.24, 2.45) is 11.7 Å². The number of rotatable bonds is 5. The van der Waals surface area contributed by atoms with Gasteiger partial charge < -0.3 is 5.73 Å². The second kappa shape index (κ2) is 5.70. The summed E-state index contributed by atoms with van der Waals surface area (Å²) < 4.78 is 0.947. The summed E-state index contributed by atoms with van der Waals surface area (Å²) in [5.74, 6) is 0.802. The molecule has 1 aliphatic carbocycles. The zero-order chi connectivity index (χ0) is 12.4. The van der Waals surface area contributed by atoms with Gasteiger partial charge >= 0.3 is 0 Å². The highest BCUT2D eigenvalue weighted by Crippen LogP contribution is 2.35. The first-order valence-electron chi connectivity index (χ1n) is 5.96. The van der Waals surface area contributed by atoms with Crippen LogP contribution in [0.1, 0.15) is 18.4 Å². The monoisotopic (exact) mass is 316 g/mol. The molecule has 0 spiro atoms. The molecule has 0 saturated heterocycles. The molecule has 0 amide bonds. The summed E-state index contributed by atoms with van der Waals surface area (Å²) in [4.78, 5) is 2.34. The van der Waals surface area contributed by atoms with Crippen LogP contribution in [0.4, 0.5) is 0 Å². The third kappa shape index (κ3) is 3.44. The van der Waals surface area contributed by atoms with Crippen LogP contribution in [0.3, 0.4) is 0 Å². The van der Waals surface area contributed by atoms with Gasteiger partial charge in [-0.2, -0.15) is 0 Å². The van der Waals surface area contributed by atoms with Crippen molar-refractivity contribution < 1.29 is 0 Å². The van der Waals surface area contributed by atoms with Crippen LogP contribution in [0.2, 0.25) is 5.02 Å². The van der Waals surface area contributed by atoms with Crippen molar-refractivity contribution in [3.63, 3.8) is 0 Å². The van der Waals surface area contributed by atoms with E-state index >= 15 is 0 Å². The van der Waals surface area contributed by atoms with Crippen molar-refractivity contribution >= 4 is 27.5 Å². The van der Waals surface area contributed by atoms with Crippen LogP contribution >= 0.6 is 27.5 Å². The summed E-state index contributed by atoms with van der Waals surface area (Å²) in [6.45, 7) is 1.65. The third-order valence-corrected chi connectivity index (χ3v) is 4.62. The minimum atomic E-state index is 0.512. The predicted molar refractivity (Wildman–Crippen MR) is 76.2 cm³/mol. The van der Waals surface area contributed by atoms with Crippen LogP contribution in [-0.2, 0) is 6.54 Å². The van der Waals surface area contributed by atoms with Crippen LogP contribution in [-0.4, -0.2) is 24.5 Å². The van der Waals surface area contributed by atoms with Gasteiger partial charge in [0.1, 0.15) is 0 Å². The third-order valence-electron chi connectivity index (χ3n) is 3.39. The first kappa shape index (κ1) is 13.3. The highest BCUT2D eigenvalue weighted by molar-refractivity contribution is 9.10. The summed E-state index contributed by atoms with van der Waals surface area (Å²) in [5.41, 5.74) is 7.08. The molecule has 1 atom stereocenters. The molecule has 0 heterocycles. The highest BCUT2D eigenvalue weighted by Gasteiger charge is 2.32. The summed E-state index contributed by atoms with van der Waals surface area (Å²) in [7, 11) is 2.14. The molecular formula is C13H18BrClN2. The molecule has 1 unspecified atom stereocenters. The van der Waals surface area contributed by atoms with E-state index < -0.39 is 0 Å². The van der Waals surface area contributed by atoms with E-state index in [-0.39, 0.29) is 0 Å². The maximum atomic E-state index is 6.10. The molecule has 0 radical (unpaired) electrons. The van der Waals surface area contributed by atoms with Crippen molar-refractivity contribution in [3.05, 3.63) is 33.3 Å². The second-order valence-electron chi connectivity index (χ2n) is 4.80. The lowest BCUT2D eigenvalue weighted by molar-refractivity contribution is 0.215. The Morgan fingerprint density at radius 2 is 2.24 bits per heavy atom. The molecule has 4 heteroatoms. The van der Waals surface area contributed by atoms with E-state index in [1.165, 1.54) is 18.4 Å². The van der Waals surface area contributed by atoms with Crippen LogP contribution in [0.5, 0.6) is 0 Å². The lowest BCUT2D eigenvalue weighted by Crippen LogP contribution is -2.39. The largest absolute Gasteiger partial charge is 0.329 e. The van der Waals surface area contributed by atoms with Gasteiger partial charge in [0.15, 0.2) is 0 Å². The van der Waals surface area contributed by atoms with E-state index in [0.29, 0.717) is 6.04 Å². The van der Waals surface area contributed by atoms with E-state index in [1.54, 1.807) is 0 Å². The Bertz CT molecular complexity index is 393. The van der Waals surface area contributed by atoms with E-state index in [4.69, 9.17) is 17.3 Å². The van der Waals surface area contributed by atoms with E-state index in [9.17, 15) is 0 Å². The van der Waals surface area contributed by atoms with E-state index in [1.807, 2.05) is 12.1 Å². The number of hydrogen-bond acceptors (Lipinski definition) is 2. The molecule has 2 N–H and O–H groups in total. The molecular weight excluding hydrogens is 300 g/mol. The lowest BCUT2D eigenvalue weighted by atomic mass is 10.1. The molecule has 1 aromatic rings. The van der Waals surface area contributed by atoms with Crippen molar-refractivity contribution in [1.29, 1.82) is 0 Å². The topological polar surface area (TPSA) is 29.3 Å².